The lowest BCUT2D eigenvalue weighted by molar-refractivity contribution is 0.575. The molecule has 0 aliphatic rings. The second-order valence-corrected chi connectivity index (χ2v) is 7.59. The second-order valence-electron chi connectivity index (χ2n) is 5.78. The largest absolute Gasteiger partial charge is 0.369 e. The minimum atomic E-state index is -3.64. The van der Waals surface area contributed by atoms with E-state index in [0.29, 0.717) is 24.0 Å². The fourth-order valence-corrected chi connectivity index (χ4v) is 3.59. The SMILES string of the molecule is Cc1nc(NCCNS(=O)(=O)Cc2ccccc2F)cc(-n2cccn2)n1. The number of sulfonamides is 1. The number of benzene rings is 1. The van der Waals surface area contributed by atoms with Crippen LogP contribution in [-0.2, 0) is 15.8 Å². The molecule has 0 atom stereocenters. The molecule has 0 spiro atoms. The van der Waals surface area contributed by atoms with Crippen molar-refractivity contribution in [2.24, 2.45) is 0 Å². The van der Waals surface area contributed by atoms with Crippen molar-refractivity contribution in [3.05, 3.63) is 66.0 Å². The molecule has 8 nitrogen and oxygen atoms in total. The summed E-state index contributed by atoms with van der Waals surface area (Å²) in [5.74, 6) is 0.779. The number of halogens is 1. The smallest absolute Gasteiger partial charge is 0.215 e. The zero-order valence-electron chi connectivity index (χ0n) is 14.6. The fourth-order valence-electron chi connectivity index (χ4n) is 2.43. The van der Waals surface area contributed by atoms with Gasteiger partial charge in [-0.15, -0.1) is 0 Å². The van der Waals surface area contributed by atoms with E-state index in [4.69, 9.17) is 0 Å². The molecule has 0 bridgehead atoms. The molecule has 0 aliphatic heterocycles. The maximum absolute atomic E-state index is 13.6. The van der Waals surface area contributed by atoms with Gasteiger partial charge in [0.25, 0.3) is 0 Å². The molecule has 0 radical (unpaired) electrons. The molecule has 2 aromatic heterocycles. The van der Waals surface area contributed by atoms with Crippen LogP contribution < -0.4 is 10.0 Å². The molecule has 1 aromatic carbocycles. The summed E-state index contributed by atoms with van der Waals surface area (Å²) in [6.07, 6.45) is 3.41. The maximum Gasteiger partial charge on any atom is 0.215 e. The number of aromatic nitrogens is 4. The summed E-state index contributed by atoms with van der Waals surface area (Å²) in [7, 11) is -3.64. The van der Waals surface area contributed by atoms with E-state index in [1.54, 1.807) is 42.2 Å². The zero-order valence-corrected chi connectivity index (χ0v) is 15.4. The Morgan fingerprint density at radius 2 is 1.96 bits per heavy atom. The van der Waals surface area contributed by atoms with Gasteiger partial charge >= 0.3 is 0 Å². The van der Waals surface area contributed by atoms with Crippen LogP contribution in [0.2, 0.25) is 0 Å². The van der Waals surface area contributed by atoms with E-state index in [2.05, 4.69) is 25.1 Å². The van der Waals surface area contributed by atoms with Crippen molar-refractivity contribution in [3.63, 3.8) is 0 Å². The minimum absolute atomic E-state index is 0.133. The van der Waals surface area contributed by atoms with Gasteiger partial charge in [-0.1, -0.05) is 18.2 Å². The molecule has 10 heteroatoms. The Kier molecular flexibility index (Phi) is 5.77. The fraction of sp³-hybridized carbons (Fsp3) is 0.235. The van der Waals surface area contributed by atoms with E-state index in [9.17, 15) is 12.8 Å². The third-order valence-electron chi connectivity index (χ3n) is 3.62. The highest BCUT2D eigenvalue weighted by molar-refractivity contribution is 7.88. The molecule has 0 aliphatic carbocycles. The molecule has 0 fully saturated rings. The van der Waals surface area contributed by atoms with Crippen molar-refractivity contribution in [1.82, 2.24) is 24.5 Å². The van der Waals surface area contributed by atoms with Gasteiger partial charge in [-0.3, -0.25) is 0 Å². The van der Waals surface area contributed by atoms with E-state index >= 15 is 0 Å². The van der Waals surface area contributed by atoms with Gasteiger partial charge in [-0.25, -0.2) is 32.2 Å². The molecule has 3 rings (SSSR count). The topological polar surface area (TPSA) is 102 Å². The molecule has 0 saturated carbocycles. The van der Waals surface area contributed by atoms with Crippen LogP contribution in [0.3, 0.4) is 0 Å². The molecule has 27 heavy (non-hydrogen) atoms. The minimum Gasteiger partial charge on any atom is -0.369 e. The van der Waals surface area contributed by atoms with Crippen molar-refractivity contribution in [3.8, 4) is 5.82 Å². The number of anilines is 1. The molecule has 0 saturated heterocycles. The highest BCUT2D eigenvalue weighted by Crippen LogP contribution is 2.11. The van der Waals surface area contributed by atoms with Crippen LogP contribution in [0.4, 0.5) is 10.2 Å². The van der Waals surface area contributed by atoms with Gasteiger partial charge in [-0.05, 0) is 19.1 Å². The Morgan fingerprint density at radius 3 is 2.70 bits per heavy atom. The van der Waals surface area contributed by atoms with Crippen molar-refractivity contribution >= 4 is 15.8 Å². The molecular formula is C17H19FN6O2S. The van der Waals surface area contributed by atoms with Gasteiger partial charge in [0.1, 0.15) is 17.5 Å². The Labute approximate surface area is 156 Å². The van der Waals surface area contributed by atoms with Gasteiger partial charge in [0, 0.05) is 37.1 Å². The number of rotatable bonds is 8. The Balaban J connectivity index is 1.55. The van der Waals surface area contributed by atoms with E-state index < -0.39 is 21.6 Å². The standard InChI is InChI=1S/C17H19FN6O2S/c1-13-22-16(11-17(23-13)24-10-4-7-20-24)19-8-9-21-27(25,26)12-14-5-2-3-6-15(14)18/h2-7,10-11,21H,8-9,12H2,1H3,(H,19,22,23). The van der Waals surface area contributed by atoms with E-state index in [-0.39, 0.29) is 12.1 Å². The summed E-state index contributed by atoms with van der Waals surface area (Å²) >= 11 is 0. The lowest BCUT2D eigenvalue weighted by Crippen LogP contribution is -2.30. The Morgan fingerprint density at radius 1 is 1.15 bits per heavy atom. The molecule has 3 aromatic rings. The average molecular weight is 390 g/mol. The number of nitrogens with one attached hydrogen (secondary N) is 2. The second kappa shape index (κ2) is 8.23. The van der Waals surface area contributed by atoms with Crippen LogP contribution in [0, 0.1) is 12.7 Å². The van der Waals surface area contributed by atoms with E-state index in [1.807, 2.05) is 0 Å². The zero-order chi connectivity index (χ0) is 19.3. The van der Waals surface area contributed by atoms with Gasteiger partial charge in [-0.2, -0.15) is 5.10 Å². The number of aryl methyl sites for hydroxylation is 1. The van der Waals surface area contributed by atoms with Gasteiger partial charge < -0.3 is 5.32 Å². The van der Waals surface area contributed by atoms with Crippen LogP contribution in [0.5, 0.6) is 0 Å². The van der Waals surface area contributed by atoms with Crippen LogP contribution in [-0.4, -0.2) is 41.3 Å². The molecule has 142 valence electrons. The van der Waals surface area contributed by atoms with Crippen molar-refractivity contribution < 1.29 is 12.8 Å². The summed E-state index contributed by atoms with van der Waals surface area (Å²) in [4.78, 5) is 8.57. The number of hydrogen-bond acceptors (Lipinski definition) is 6. The third kappa shape index (κ3) is 5.31. The maximum atomic E-state index is 13.6. The third-order valence-corrected chi connectivity index (χ3v) is 4.96. The predicted molar refractivity (Wildman–Crippen MR) is 99.4 cm³/mol. The van der Waals surface area contributed by atoms with Crippen molar-refractivity contribution in [1.29, 1.82) is 0 Å². The highest BCUT2D eigenvalue weighted by atomic mass is 32.2. The van der Waals surface area contributed by atoms with Crippen molar-refractivity contribution in [2.45, 2.75) is 12.7 Å². The van der Waals surface area contributed by atoms with Crippen molar-refractivity contribution in [2.75, 3.05) is 18.4 Å². The first-order chi connectivity index (χ1) is 12.9. The Hall–Kier alpha value is -2.85. The predicted octanol–water partition coefficient (Wildman–Crippen LogP) is 1.64. The summed E-state index contributed by atoms with van der Waals surface area (Å²) in [5.41, 5.74) is 0.133. The lowest BCUT2D eigenvalue weighted by atomic mass is 10.2. The average Bonchev–Trinajstić information content (AvgIpc) is 3.15. The van der Waals surface area contributed by atoms with Gasteiger partial charge in [0.2, 0.25) is 10.0 Å². The molecular weight excluding hydrogens is 371 g/mol. The van der Waals surface area contributed by atoms with Gasteiger partial charge in [0.05, 0.1) is 5.75 Å². The van der Waals surface area contributed by atoms with Crippen LogP contribution in [0.25, 0.3) is 5.82 Å². The lowest BCUT2D eigenvalue weighted by Gasteiger charge is -2.10. The molecule has 2 heterocycles. The summed E-state index contributed by atoms with van der Waals surface area (Å²) in [5, 5.41) is 7.16. The summed E-state index contributed by atoms with van der Waals surface area (Å²) < 4.78 is 41.8. The molecule has 0 unspecified atom stereocenters. The van der Waals surface area contributed by atoms with Gasteiger partial charge in [0.15, 0.2) is 5.82 Å². The number of hydrogen-bond donors (Lipinski definition) is 2. The monoisotopic (exact) mass is 390 g/mol. The highest BCUT2D eigenvalue weighted by Gasteiger charge is 2.13. The first kappa shape index (κ1) is 18.9. The van der Waals surface area contributed by atoms with Crippen LogP contribution >= 0.6 is 0 Å². The quantitative estimate of drug-likeness (QED) is 0.567. The van der Waals surface area contributed by atoms with E-state index in [0.717, 1.165) is 0 Å². The first-order valence-corrected chi connectivity index (χ1v) is 9.88. The first-order valence-electron chi connectivity index (χ1n) is 8.23. The normalized spacial score (nSPS) is 11.5. The van der Waals surface area contributed by atoms with Crippen LogP contribution in [0.15, 0.2) is 48.8 Å². The molecule has 2 N–H and O–H groups in total. The summed E-state index contributed by atoms with van der Waals surface area (Å²) in [6.45, 7) is 2.21. The summed E-state index contributed by atoms with van der Waals surface area (Å²) in [6, 6.07) is 9.31. The van der Waals surface area contributed by atoms with Crippen LogP contribution in [0.1, 0.15) is 11.4 Å². The Bertz CT molecular complexity index is 1010. The number of nitrogens with zero attached hydrogens (tertiary/aromatic N) is 4. The molecule has 0 amide bonds. The van der Waals surface area contributed by atoms with E-state index in [1.165, 1.54) is 18.2 Å².